The fourth-order valence-corrected chi connectivity index (χ4v) is 2.41. The number of hydrogen-bond acceptors (Lipinski definition) is 2. The van der Waals surface area contributed by atoms with Crippen LogP contribution in [-0.4, -0.2) is 27.0 Å². The van der Waals surface area contributed by atoms with Crippen LogP contribution in [0.15, 0.2) is 0 Å². The van der Waals surface area contributed by atoms with Crippen LogP contribution in [-0.2, 0) is 4.43 Å². The van der Waals surface area contributed by atoms with E-state index in [1.54, 1.807) is 0 Å². The molecule has 0 heterocycles. The Hall–Kier alpha value is 0.137. The predicted octanol–water partition coefficient (Wildman–Crippen LogP) is 4.03. The van der Waals surface area contributed by atoms with Crippen molar-refractivity contribution in [2.45, 2.75) is 78.7 Å². The van der Waals surface area contributed by atoms with Crippen LogP contribution in [0.25, 0.3) is 0 Å². The minimum Gasteiger partial charge on any atom is -0.415 e. The van der Waals surface area contributed by atoms with Crippen LogP contribution in [0.2, 0.25) is 18.1 Å². The molecule has 3 heteroatoms. The van der Waals surface area contributed by atoms with Crippen molar-refractivity contribution in [2.24, 2.45) is 5.92 Å². The second-order valence-corrected chi connectivity index (χ2v) is 12.1. The molecule has 0 aromatic rings. The van der Waals surface area contributed by atoms with E-state index in [2.05, 4.69) is 66.9 Å². The van der Waals surface area contributed by atoms with E-state index in [-0.39, 0.29) is 0 Å². The molecule has 0 aromatic heterocycles. The molecule has 0 saturated carbocycles. The molecule has 0 bridgehead atoms. The van der Waals surface area contributed by atoms with E-state index in [4.69, 9.17) is 4.43 Å². The van der Waals surface area contributed by atoms with Gasteiger partial charge in [0.25, 0.3) is 0 Å². The third kappa shape index (κ3) is 6.02. The van der Waals surface area contributed by atoms with Crippen molar-refractivity contribution in [3.05, 3.63) is 0 Å². The first-order valence-corrected chi connectivity index (χ1v) is 9.78. The SMILES string of the molecule is CC(C)N[C@H](CO[Si](C)(C)C(C)(C)C)C(C)C. The van der Waals surface area contributed by atoms with E-state index in [9.17, 15) is 0 Å². The first-order valence-electron chi connectivity index (χ1n) is 6.87. The molecule has 0 aliphatic carbocycles. The monoisotopic (exact) mass is 259 g/mol. The van der Waals surface area contributed by atoms with E-state index >= 15 is 0 Å². The Morgan fingerprint density at radius 1 is 1.06 bits per heavy atom. The summed E-state index contributed by atoms with van der Waals surface area (Å²) in [6.45, 7) is 21.3. The Bertz CT molecular complexity index is 219. The first kappa shape index (κ1) is 17.1. The Balaban J connectivity index is 4.40. The van der Waals surface area contributed by atoms with Crippen molar-refractivity contribution in [2.75, 3.05) is 6.61 Å². The van der Waals surface area contributed by atoms with Crippen molar-refractivity contribution in [3.63, 3.8) is 0 Å². The van der Waals surface area contributed by atoms with Gasteiger partial charge in [-0.25, -0.2) is 0 Å². The number of hydrogen-bond donors (Lipinski definition) is 1. The molecule has 17 heavy (non-hydrogen) atoms. The summed E-state index contributed by atoms with van der Waals surface area (Å²) in [7, 11) is -1.60. The van der Waals surface area contributed by atoms with Crippen LogP contribution >= 0.6 is 0 Å². The van der Waals surface area contributed by atoms with Crippen molar-refractivity contribution in [1.82, 2.24) is 5.32 Å². The van der Waals surface area contributed by atoms with Crippen LogP contribution in [0, 0.1) is 5.92 Å². The molecule has 0 aromatic carbocycles. The summed E-state index contributed by atoms with van der Waals surface area (Å²) in [5.41, 5.74) is 0. The number of nitrogens with one attached hydrogen (secondary N) is 1. The van der Waals surface area contributed by atoms with E-state index in [0.29, 0.717) is 23.0 Å². The Labute approximate surface area is 110 Å². The van der Waals surface area contributed by atoms with E-state index in [1.165, 1.54) is 0 Å². The highest BCUT2D eigenvalue weighted by Gasteiger charge is 2.37. The van der Waals surface area contributed by atoms with Crippen molar-refractivity contribution >= 4 is 8.32 Å². The van der Waals surface area contributed by atoms with Gasteiger partial charge in [-0.05, 0) is 24.1 Å². The Kier molecular flexibility index (Phi) is 6.40. The Morgan fingerprint density at radius 3 is 1.82 bits per heavy atom. The topological polar surface area (TPSA) is 21.3 Å². The maximum atomic E-state index is 6.29. The lowest BCUT2D eigenvalue weighted by Gasteiger charge is -2.38. The molecule has 1 N–H and O–H groups in total. The third-order valence-corrected chi connectivity index (χ3v) is 8.28. The highest BCUT2D eigenvalue weighted by atomic mass is 28.4. The summed E-state index contributed by atoms with van der Waals surface area (Å²) in [6, 6.07) is 0.981. The summed E-state index contributed by atoms with van der Waals surface area (Å²) in [5, 5.41) is 3.90. The van der Waals surface area contributed by atoms with Gasteiger partial charge in [0, 0.05) is 18.7 Å². The van der Waals surface area contributed by atoms with Gasteiger partial charge in [-0.2, -0.15) is 0 Å². The van der Waals surface area contributed by atoms with Crippen LogP contribution < -0.4 is 5.32 Å². The Morgan fingerprint density at radius 2 is 1.53 bits per heavy atom. The van der Waals surface area contributed by atoms with Crippen molar-refractivity contribution in [1.29, 1.82) is 0 Å². The second-order valence-electron chi connectivity index (χ2n) is 7.24. The molecule has 0 unspecified atom stereocenters. The normalized spacial score (nSPS) is 15.7. The zero-order valence-electron chi connectivity index (χ0n) is 13.3. The quantitative estimate of drug-likeness (QED) is 0.727. The molecule has 104 valence electrons. The molecule has 1 atom stereocenters. The van der Waals surface area contributed by atoms with Gasteiger partial charge in [-0.1, -0.05) is 48.5 Å². The van der Waals surface area contributed by atoms with Crippen LogP contribution in [0.5, 0.6) is 0 Å². The zero-order chi connectivity index (χ0) is 13.9. The molecule has 0 aliphatic heterocycles. The molecule has 0 fully saturated rings. The third-order valence-electron chi connectivity index (χ3n) is 3.78. The summed E-state index contributed by atoms with van der Waals surface area (Å²) in [5.74, 6) is 0.613. The molecule has 0 radical (unpaired) electrons. The van der Waals surface area contributed by atoms with E-state index < -0.39 is 8.32 Å². The largest absolute Gasteiger partial charge is 0.415 e. The minimum atomic E-state index is -1.60. The highest BCUT2D eigenvalue weighted by Crippen LogP contribution is 2.36. The zero-order valence-corrected chi connectivity index (χ0v) is 14.3. The van der Waals surface area contributed by atoms with Gasteiger partial charge in [-0.15, -0.1) is 0 Å². The molecule has 2 nitrogen and oxygen atoms in total. The maximum absolute atomic E-state index is 6.29. The molecule has 0 spiro atoms. The minimum absolute atomic E-state index is 0.298. The maximum Gasteiger partial charge on any atom is 0.192 e. The fourth-order valence-electron chi connectivity index (χ4n) is 1.38. The summed E-state index contributed by atoms with van der Waals surface area (Å²) in [6.07, 6.45) is 0. The summed E-state index contributed by atoms with van der Waals surface area (Å²) >= 11 is 0. The lowest BCUT2D eigenvalue weighted by molar-refractivity contribution is 0.206. The summed E-state index contributed by atoms with van der Waals surface area (Å²) < 4.78 is 6.29. The van der Waals surface area contributed by atoms with Gasteiger partial charge < -0.3 is 9.74 Å². The average Bonchev–Trinajstić information content (AvgIpc) is 2.09. The molecule has 0 saturated heterocycles. The fraction of sp³-hybridized carbons (Fsp3) is 1.00. The molecule has 0 amide bonds. The van der Waals surface area contributed by atoms with Crippen LogP contribution in [0.1, 0.15) is 48.5 Å². The lowest BCUT2D eigenvalue weighted by Crippen LogP contribution is -2.48. The molecular formula is C14H33NOSi. The van der Waals surface area contributed by atoms with Gasteiger partial charge in [0.15, 0.2) is 8.32 Å². The second kappa shape index (κ2) is 6.35. The van der Waals surface area contributed by atoms with Gasteiger partial charge in [-0.3, -0.25) is 0 Å². The van der Waals surface area contributed by atoms with Gasteiger partial charge in [0.1, 0.15) is 0 Å². The van der Waals surface area contributed by atoms with Gasteiger partial charge >= 0.3 is 0 Å². The number of rotatable bonds is 6. The molecule has 0 aliphatic rings. The lowest BCUT2D eigenvalue weighted by atomic mass is 10.0. The van der Waals surface area contributed by atoms with Gasteiger partial charge in [0.2, 0.25) is 0 Å². The highest BCUT2D eigenvalue weighted by molar-refractivity contribution is 6.74. The first-order chi connectivity index (χ1) is 7.47. The van der Waals surface area contributed by atoms with Crippen LogP contribution in [0.4, 0.5) is 0 Å². The summed E-state index contributed by atoms with van der Waals surface area (Å²) in [4.78, 5) is 0. The smallest absolute Gasteiger partial charge is 0.192 e. The van der Waals surface area contributed by atoms with E-state index in [0.717, 1.165) is 6.61 Å². The molecular weight excluding hydrogens is 226 g/mol. The van der Waals surface area contributed by atoms with E-state index in [1.807, 2.05) is 0 Å². The van der Waals surface area contributed by atoms with Crippen LogP contribution in [0.3, 0.4) is 0 Å². The predicted molar refractivity (Wildman–Crippen MR) is 80.0 cm³/mol. The average molecular weight is 260 g/mol. The van der Waals surface area contributed by atoms with Crippen molar-refractivity contribution < 1.29 is 4.43 Å². The van der Waals surface area contributed by atoms with Gasteiger partial charge in [0.05, 0.1) is 0 Å². The van der Waals surface area contributed by atoms with Crippen molar-refractivity contribution in [3.8, 4) is 0 Å². The molecule has 0 rings (SSSR count). The standard InChI is InChI=1S/C14H33NOSi/c1-11(2)13(15-12(3)4)10-16-17(8,9)14(5,6)7/h11-13,15H,10H2,1-9H3/t13-/m1/s1.